The number of hydrogen-bond donors (Lipinski definition) is 0. The van der Waals surface area contributed by atoms with E-state index in [0.29, 0.717) is 0 Å². The van der Waals surface area contributed by atoms with Crippen LogP contribution in [0.1, 0.15) is 97.1 Å². The molecule has 0 saturated heterocycles. The molecule has 8 unspecified atom stereocenters. The number of rotatable bonds is 3. The van der Waals surface area contributed by atoms with E-state index in [9.17, 15) is 0 Å². The molecule has 0 nitrogen and oxygen atoms in total. The van der Waals surface area contributed by atoms with E-state index in [1.807, 2.05) is 0 Å². The SMILES string of the molecule is CC1CC(C)C(S(C)(C)C2C(C)CC3C(c4ccc(C(C)(C)C)cc4)CCCC32)C1. The Labute approximate surface area is 189 Å². The highest BCUT2D eigenvalue weighted by Crippen LogP contribution is 2.68. The van der Waals surface area contributed by atoms with Gasteiger partial charge in [-0.15, -0.1) is 0 Å². The highest BCUT2D eigenvalue weighted by atomic mass is 32.3. The summed E-state index contributed by atoms with van der Waals surface area (Å²) in [6, 6.07) is 9.83. The van der Waals surface area contributed by atoms with Crippen LogP contribution in [0.4, 0.5) is 0 Å². The summed E-state index contributed by atoms with van der Waals surface area (Å²) >= 11 is 0. The van der Waals surface area contributed by atoms with Gasteiger partial charge < -0.3 is 0 Å². The molecule has 3 fully saturated rings. The Bertz CT molecular complexity index is 724. The van der Waals surface area contributed by atoms with Crippen molar-refractivity contribution in [1.82, 2.24) is 0 Å². The van der Waals surface area contributed by atoms with Gasteiger partial charge in [0.1, 0.15) is 0 Å². The molecule has 3 aliphatic carbocycles. The van der Waals surface area contributed by atoms with Crippen molar-refractivity contribution in [1.29, 1.82) is 0 Å². The zero-order chi connectivity index (χ0) is 21.8. The van der Waals surface area contributed by atoms with Crippen LogP contribution in [0.2, 0.25) is 0 Å². The van der Waals surface area contributed by atoms with Crippen LogP contribution in [0.25, 0.3) is 0 Å². The summed E-state index contributed by atoms with van der Waals surface area (Å²) in [6.45, 7) is 14.7. The summed E-state index contributed by atoms with van der Waals surface area (Å²) in [7, 11) is -0.572. The lowest BCUT2D eigenvalue weighted by Crippen LogP contribution is -2.37. The third kappa shape index (κ3) is 4.02. The van der Waals surface area contributed by atoms with Gasteiger partial charge >= 0.3 is 0 Å². The van der Waals surface area contributed by atoms with Gasteiger partial charge in [-0.25, -0.2) is 10.0 Å². The Morgan fingerprint density at radius 1 is 0.800 bits per heavy atom. The van der Waals surface area contributed by atoms with E-state index in [0.717, 1.165) is 46.0 Å². The first-order valence-corrected chi connectivity index (χ1v) is 15.4. The predicted octanol–water partition coefficient (Wildman–Crippen LogP) is 8.39. The van der Waals surface area contributed by atoms with Gasteiger partial charge in [0.25, 0.3) is 0 Å². The Balaban J connectivity index is 1.58. The van der Waals surface area contributed by atoms with Gasteiger partial charge in [0, 0.05) is 0 Å². The molecule has 0 radical (unpaired) electrons. The van der Waals surface area contributed by atoms with Gasteiger partial charge in [-0.2, -0.15) is 0 Å². The molecule has 0 bridgehead atoms. The third-order valence-electron chi connectivity index (χ3n) is 9.48. The second kappa shape index (κ2) is 8.17. The Hall–Kier alpha value is -0.430. The summed E-state index contributed by atoms with van der Waals surface area (Å²) < 4.78 is 0. The maximum absolute atomic E-state index is 2.75. The normalized spacial score (nSPS) is 40.4. The van der Waals surface area contributed by atoms with Gasteiger partial charge in [0.05, 0.1) is 0 Å². The van der Waals surface area contributed by atoms with Gasteiger partial charge in [-0.1, -0.05) is 72.2 Å². The van der Waals surface area contributed by atoms with Gasteiger partial charge in [-0.3, -0.25) is 0 Å². The molecule has 1 heteroatoms. The first kappa shape index (κ1) is 22.8. The number of fused-ring (bicyclic) bond motifs is 1. The van der Waals surface area contributed by atoms with Crippen LogP contribution in [0.5, 0.6) is 0 Å². The van der Waals surface area contributed by atoms with Gasteiger partial charge in [-0.05, 0) is 107 Å². The van der Waals surface area contributed by atoms with Crippen LogP contribution in [0.3, 0.4) is 0 Å². The Kier molecular flexibility index (Phi) is 6.19. The fourth-order valence-electron chi connectivity index (χ4n) is 8.29. The molecule has 170 valence electrons. The molecule has 8 atom stereocenters. The average molecular weight is 429 g/mol. The van der Waals surface area contributed by atoms with Gasteiger partial charge in [0.15, 0.2) is 0 Å². The number of benzene rings is 1. The van der Waals surface area contributed by atoms with Crippen molar-refractivity contribution in [3.05, 3.63) is 35.4 Å². The molecular formula is C29H48S. The number of hydrogen-bond acceptors (Lipinski definition) is 0. The van der Waals surface area contributed by atoms with E-state index in [-0.39, 0.29) is 5.41 Å². The molecular weight excluding hydrogens is 380 g/mol. The van der Waals surface area contributed by atoms with Crippen molar-refractivity contribution in [3.63, 3.8) is 0 Å². The maximum Gasteiger partial charge on any atom is -0.00572 e. The summed E-state index contributed by atoms with van der Waals surface area (Å²) in [5.41, 5.74) is 3.37. The summed E-state index contributed by atoms with van der Waals surface area (Å²) in [5, 5.41) is 2.00. The minimum absolute atomic E-state index is 0.253. The highest BCUT2D eigenvalue weighted by Gasteiger charge is 2.53. The van der Waals surface area contributed by atoms with Crippen molar-refractivity contribution in [2.75, 3.05) is 12.5 Å². The fourth-order valence-corrected chi connectivity index (χ4v) is 13.4. The van der Waals surface area contributed by atoms with Crippen LogP contribution in [-0.4, -0.2) is 23.0 Å². The zero-order valence-corrected chi connectivity index (χ0v) is 21.9. The molecule has 0 N–H and O–H groups in total. The van der Waals surface area contributed by atoms with Crippen molar-refractivity contribution in [2.24, 2.45) is 29.6 Å². The van der Waals surface area contributed by atoms with E-state index < -0.39 is 10.0 Å². The van der Waals surface area contributed by atoms with E-state index in [2.05, 4.69) is 78.3 Å². The predicted molar refractivity (Wildman–Crippen MR) is 137 cm³/mol. The van der Waals surface area contributed by atoms with Crippen LogP contribution < -0.4 is 0 Å². The minimum atomic E-state index is -0.572. The van der Waals surface area contributed by atoms with Crippen LogP contribution in [0, 0.1) is 29.6 Å². The zero-order valence-electron chi connectivity index (χ0n) is 21.1. The van der Waals surface area contributed by atoms with E-state index in [4.69, 9.17) is 0 Å². The molecule has 1 aromatic carbocycles. The molecule has 0 spiro atoms. The van der Waals surface area contributed by atoms with E-state index in [1.165, 1.54) is 44.1 Å². The average Bonchev–Trinajstić information content (AvgIpc) is 3.19. The van der Waals surface area contributed by atoms with Crippen molar-refractivity contribution >= 4 is 10.0 Å². The lowest BCUT2D eigenvalue weighted by molar-refractivity contribution is 0.240. The summed E-state index contributed by atoms with van der Waals surface area (Å²) in [6.07, 6.45) is 14.3. The molecule has 0 heterocycles. The highest BCUT2D eigenvalue weighted by molar-refractivity contribution is 8.33. The second-order valence-electron chi connectivity index (χ2n) is 13.0. The molecule has 3 aliphatic rings. The Morgan fingerprint density at radius 3 is 2.03 bits per heavy atom. The monoisotopic (exact) mass is 428 g/mol. The standard InChI is InChI=1S/C29H48S/c1-19-16-20(2)27(17-19)30(7,8)28-21(3)18-26-24(10-9-11-25(26)28)22-12-14-23(15-13-22)29(4,5)6/h12-15,19-21,24-28H,9-11,16-18H2,1-8H3. The topological polar surface area (TPSA) is 0 Å². The van der Waals surface area contributed by atoms with Crippen molar-refractivity contribution < 1.29 is 0 Å². The molecule has 0 amide bonds. The van der Waals surface area contributed by atoms with Crippen LogP contribution in [-0.2, 0) is 5.41 Å². The molecule has 3 saturated carbocycles. The summed E-state index contributed by atoms with van der Waals surface area (Å²) in [5.74, 6) is 5.53. The molecule has 0 aromatic heterocycles. The molecule has 1 aromatic rings. The summed E-state index contributed by atoms with van der Waals surface area (Å²) in [4.78, 5) is 0. The molecule has 4 rings (SSSR count). The minimum Gasteiger partial charge on any atom is -0.240 e. The smallest absolute Gasteiger partial charge is 0.00572 e. The first-order chi connectivity index (χ1) is 14.0. The largest absolute Gasteiger partial charge is 0.240 e. The van der Waals surface area contributed by atoms with Gasteiger partial charge in [0.2, 0.25) is 0 Å². The van der Waals surface area contributed by atoms with Crippen LogP contribution >= 0.6 is 10.0 Å². The maximum atomic E-state index is 2.75. The first-order valence-electron chi connectivity index (χ1n) is 12.8. The van der Waals surface area contributed by atoms with Crippen molar-refractivity contribution in [3.8, 4) is 0 Å². The lowest BCUT2D eigenvalue weighted by Gasteiger charge is -2.51. The Morgan fingerprint density at radius 2 is 1.47 bits per heavy atom. The van der Waals surface area contributed by atoms with E-state index in [1.54, 1.807) is 5.56 Å². The van der Waals surface area contributed by atoms with E-state index >= 15 is 0 Å². The molecule has 0 aliphatic heterocycles. The molecule has 30 heavy (non-hydrogen) atoms. The van der Waals surface area contributed by atoms with Crippen molar-refractivity contribution in [2.45, 2.75) is 102 Å². The quantitative estimate of drug-likeness (QED) is 0.453. The fraction of sp³-hybridized carbons (Fsp3) is 0.793. The third-order valence-corrected chi connectivity index (χ3v) is 13.9. The lowest BCUT2D eigenvalue weighted by atomic mass is 9.70. The second-order valence-corrected chi connectivity index (χ2v) is 17.1. The van der Waals surface area contributed by atoms with Crippen LogP contribution in [0.15, 0.2) is 24.3 Å².